The van der Waals surface area contributed by atoms with Crippen molar-refractivity contribution < 1.29 is 28.7 Å². The number of hydrogen-bond donors (Lipinski definition) is 2. The molecule has 2 rings (SSSR count). The molecular formula is C18H21N3O6. The monoisotopic (exact) mass is 375 g/mol. The summed E-state index contributed by atoms with van der Waals surface area (Å²) >= 11 is 0. The van der Waals surface area contributed by atoms with Crippen LogP contribution in [0.3, 0.4) is 0 Å². The maximum atomic E-state index is 11.7. The van der Waals surface area contributed by atoms with Gasteiger partial charge >= 0.3 is 12.0 Å². The van der Waals surface area contributed by atoms with E-state index in [1.165, 1.54) is 6.08 Å². The third kappa shape index (κ3) is 6.46. The molecule has 1 saturated heterocycles. The van der Waals surface area contributed by atoms with Gasteiger partial charge in [0.2, 0.25) is 5.91 Å². The highest BCUT2D eigenvalue weighted by atomic mass is 16.5. The topological polar surface area (TPSA) is 114 Å². The van der Waals surface area contributed by atoms with Gasteiger partial charge in [0.15, 0.2) is 6.61 Å². The first-order valence-corrected chi connectivity index (χ1v) is 8.33. The molecule has 1 aliphatic rings. The van der Waals surface area contributed by atoms with Crippen molar-refractivity contribution in [3.63, 3.8) is 0 Å². The van der Waals surface area contributed by atoms with Gasteiger partial charge in [-0.3, -0.25) is 19.3 Å². The van der Waals surface area contributed by atoms with Crippen LogP contribution in [0.4, 0.5) is 4.79 Å². The Balaban J connectivity index is 1.63. The van der Waals surface area contributed by atoms with Crippen molar-refractivity contribution in [2.75, 3.05) is 33.4 Å². The Bertz CT molecular complexity index is 729. The predicted molar refractivity (Wildman–Crippen MR) is 95.7 cm³/mol. The Morgan fingerprint density at radius 3 is 2.63 bits per heavy atom. The van der Waals surface area contributed by atoms with Crippen LogP contribution in [0.15, 0.2) is 30.3 Å². The van der Waals surface area contributed by atoms with E-state index < -0.39 is 24.5 Å². The zero-order chi connectivity index (χ0) is 19.6. The number of amides is 4. The summed E-state index contributed by atoms with van der Waals surface area (Å²) in [7, 11) is 1.57. The van der Waals surface area contributed by atoms with Crippen LogP contribution in [-0.2, 0) is 19.1 Å². The van der Waals surface area contributed by atoms with Crippen LogP contribution >= 0.6 is 0 Å². The van der Waals surface area contributed by atoms with E-state index in [1.807, 2.05) is 0 Å². The van der Waals surface area contributed by atoms with Gasteiger partial charge in [0, 0.05) is 25.7 Å². The Labute approximate surface area is 156 Å². The molecule has 9 heteroatoms. The average Bonchev–Trinajstić information content (AvgIpc) is 3.11. The smallest absolute Gasteiger partial charge is 0.324 e. The second-order valence-electron chi connectivity index (χ2n) is 5.59. The van der Waals surface area contributed by atoms with Crippen molar-refractivity contribution in [3.8, 4) is 5.75 Å². The molecular weight excluding hydrogens is 354 g/mol. The number of imide groups is 1. The van der Waals surface area contributed by atoms with Gasteiger partial charge in [0.1, 0.15) is 5.75 Å². The molecule has 0 saturated carbocycles. The lowest BCUT2D eigenvalue weighted by Crippen LogP contribution is -2.37. The molecule has 0 aliphatic carbocycles. The van der Waals surface area contributed by atoms with Gasteiger partial charge < -0.3 is 20.1 Å². The van der Waals surface area contributed by atoms with Gasteiger partial charge in [-0.1, -0.05) is 12.1 Å². The van der Waals surface area contributed by atoms with E-state index >= 15 is 0 Å². The van der Waals surface area contributed by atoms with Gasteiger partial charge in [0.25, 0.3) is 5.91 Å². The van der Waals surface area contributed by atoms with Gasteiger partial charge in [-0.25, -0.2) is 4.79 Å². The van der Waals surface area contributed by atoms with Gasteiger partial charge in [-0.15, -0.1) is 0 Å². The number of benzene rings is 1. The maximum Gasteiger partial charge on any atom is 0.324 e. The number of hydrogen-bond acceptors (Lipinski definition) is 6. The Morgan fingerprint density at radius 2 is 2.00 bits per heavy atom. The van der Waals surface area contributed by atoms with Gasteiger partial charge in [-0.05, 0) is 23.8 Å². The summed E-state index contributed by atoms with van der Waals surface area (Å²) in [6.07, 6.45) is 2.90. The molecule has 0 aromatic heterocycles. The van der Waals surface area contributed by atoms with Gasteiger partial charge in [-0.2, -0.15) is 0 Å². The number of rotatable bonds is 8. The largest absolute Gasteiger partial charge is 0.497 e. The molecule has 0 unspecified atom stereocenters. The minimum Gasteiger partial charge on any atom is -0.497 e. The molecule has 0 bridgehead atoms. The lowest BCUT2D eigenvalue weighted by Gasteiger charge is -2.12. The lowest BCUT2D eigenvalue weighted by atomic mass is 10.2. The van der Waals surface area contributed by atoms with Crippen LogP contribution in [0.25, 0.3) is 6.08 Å². The van der Waals surface area contributed by atoms with Crippen LogP contribution in [0, 0.1) is 0 Å². The van der Waals surface area contributed by atoms with Crippen LogP contribution < -0.4 is 15.4 Å². The molecule has 0 radical (unpaired) electrons. The van der Waals surface area contributed by atoms with Crippen LogP contribution in [0.2, 0.25) is 0 Å². The minimum absolute atomic E-state index is 0.0724. The molecule has 1 aromatic rings. The predicted octanol–water partition coefficient (Wildman–Crippen LogP) is 0.310. The summed E-state index contributed by atoms with van der Waals surface area (Å²) in [6, 6.07) is 6.67. The van der Waals surface area contributed by atoms with Crippen molar-refractivity contribution in [2.24, 2.45) is 0 Å². The number of ether oxygens (including phenoxy) is 2. The van der Waals surface area contributed by atoms with Crippen molar-refractivity contribution in [1.29, 1.82) is 0 Å². The number of carbonyl (C=O) groups excluding carboxylic acids is 4. The Morgan fingerprint density at radius 1 is 1.26 bits per heavy atom. The van der Waals surface area contributed by atoms with Crippen molar-refractivity contribution >= 4 is 29.9 Å². The molecule has 0 spiro atoms. The standard InChI is InChI=1S/C18H21N3O6/c1-26-14-5-2-13(3-6-14)4-7-15(22)19-9-8-17(24)27-12-16(23)21-11-10-20-18(21)25/h2-7H,8-12H2,1H3,(H,19,22)(H,20,25)/b7-4+. The molecule has 1 heterocycles. The fourth-order valence-electron chi connectivity index (χ4n) is 2.24. The molecule has 0 atom stereocenters. The Kier molecular flexibility index (Phi) is 7.36. The van der Waals surface area contributed by atoms with Crippen molar-refractivity contribution in [1.82, 2.24) is 15.5 Å². The molecule has 2 N–H and O–H groups in total. The first-order valence-electron chi connectivity index (χ1n) is 8.33. The number of esters is 1. The number of nitrogens with zero attached hydrogens (tertiary/aromatic N) is 1. The molecule has 4 amide bonds. The van der Waals surface area contributed by atoms with E-state index in [0.29, 0.717) is 6.54 Å². The number of nitrogens with one attached hydrogen (secondary N) is 2. The highest BCUT2D eigenvalue weighted by Crippen LogP contribution is 2.12. The van der Waals surface area contributed by atoms with Crippen LogP contribution in [0.1, 0.15) is 12.0 Å². The van der Waals surface area contributed by atoms with Crippen molar-refractivity contribution in [2.45, 2.75) is 6.42 Å². The molecule has 27 heavy (non-hydrogen) atoms. The molecule has 1 fully saturated rings. The molecule has 1 aliphatic heterocycles. The quantitative estimate of drug-likeness (QED) is 0.499. The zero-order valence-corrected chi connectivity index (χ0v) is 14.9. The summed E-state index contributed by atoms with van der Waals surface area (Å²) in [4.78, 5) is 47.3. The summed E-state index contributed by atoms with van der Waals surface area (Å²) in [5.41, 5.74) is 0.829. The normalized spacial score (nSPS) is 13.4. The fourth-order valence-corrected chi connectivity index (χ4v) is 2.24. The fraction of sp³-hybridized carbons (Fsp3) is 0.333. The highest BCUT2D eigenvalue weighted by Gasteiger charge is 2.26. The first kappa shape index (κ1) is 20.0. The molecule has 9 nitrogen and oxygen atoms in total. The summed E-state index contributed by atoms with van der Waals surface area (Å²) < 4.78 is 9.85. The molecule has 144 valence electrons. The number of carbonyl (C=O) groups is 4. The molecule has 1 aromatic carbocycles. The number of methoxy groups -OCH3 is 1. The summed E-state index contributed by atoms with van der Waals surface area (Å²) in [5.74, 6) is -0.852. The third-order valence-corrected chi connectivity index (χ3v) is 3.69. The average molecular weight is 375 g/mol. The number of urea groups is 1. The second kappa shape index (κ2) is 9.95. The Hall–Kier alpha value is -3.36. The SMILES string of the molecule is COc1ccc(/C=C/C(=O)NCCC(=O)OCC(=O)N2CCNC2=O)cc1. The van der Waals surface area contributed by atoms with E-state index in [-0.39, 0.29) is 25.4 Å². The highest BCUT2D eigenvalue weighted by molar-refractivity contribution is 5.97. The third-order valence-electron chi connectivity index (χ3n) is 3.69. The first-order chi connectivity index (χ1) is 13.0. The van der Waals surface area contributed by atoms with Crippen LogP contribution in [-0.4, -0.2) is 62.1 Å². The van der Waals surface area contributed by atoms with E-state index in [0.717, 1.165) is 16.2 Å². The van der Waals surface area contributed by atoms with Gasteiger partial charge in [0.05, 0.1) is 13.5 Å². The second-order valence-corrected chi connectivity index (χ2v) is 5.59. The van der Waals surface area contributed by atoms with Crippen LogP contribution in [0.5, 0.6) is 5.75 Å². The summed E-state index contributed by atoms with van der Waals surface area (Å²) in [6.45, 7) is 0.209. The minimum atomic E-state index is -0.637. The zero-order valence-electron chi connectivity index (χ0n) is 14.9. The maximum absolute atomic E-state index is 11.7. The summed E-state index contributed by atoms with van der Waals surface area (Å²) in [5, 5.41) is 5.03. The van der Waals surface area contributed by atoms with Crippen molar-refractivity contribution in [3.05, 3.63) is 35.9 Å². The van der Waals surface area contributed by atoms with E-state index in [4.69, 9.17) is 9.47 Å². The van der Waals surface area contributed by atoms with E-state index in [2.05, 4.69) is 10.6 Å². The van der Waals surface area contributed by atoms with E-state index in [9.17, 15) is 19.2 Å². The lowest BCUT2D eigenvalue weighted by molar-refractivity contribution is -0.150. The van der Waals surface area contributed by atoms with E-state index in [1.54, 1.807) is 37.5 Å².